The van der Waals surface area contributed by atoms with Gasteiger partial charge in [0.25, 0.3) is 0 Å². The Labute approximate surface area is 177 Å². The molecule has 1 saturated carbocycles. The molecule has 1 aliphatic rings. The van der Waals surface area contributed by atoms with E-state index in [0.29, 0.717) is 25.2 Å². The molecular weight excluding hydrogens is 388 g/mol. The van der Waals surface area contributed by atoms with Gasteiger partial charge in [0.15, 0.2) is 0 Å². The molecule has 0 saturated heterocycles. The highest BCUT2D eigenvalue weighted by atomic mass is 16.4. The minimum atomic E-state index is -0.948. The molecule has 1 aliphatic carbocycles. The molecule has 1 fully saturated rings. The van der Waals surface area contributed by atoms with E-state index in [0.717, 1.165) is 5.56 Å². The maximum absolute atomic E-state index is 11.0. The lowest BCUT2D eigenvalue weighted by molar-refractivity contribution is -0.141. The first-order valence-corrected chi connectivity index (χ1v) is 10.5. The van der Waals surface area contributed by atoms with Crippen molar-refractivity contribution in [1.82, 2.24) is 5.32 Å². The van der Waals surface area contributed by atoms with E-state index in [4.69, 9.17) is 21.1 Å². The molecular formula is C22H34N2O6. The van der Waals surface area contributed by atoms with Gasteiger partial charge in [-0.15, -0.1) is 0 Å². The summed E-state index contributed by atoms with van der Waals surface area (Å²) in [4.78, 5) is 31.8. The molecule has 0 aliphatic heterocycles. The molecule has 0 unspecified atom stereocenters. The first-order chi connectivity index (χ1) is 14.3. The first-order valence-electron chi connectivity index (χ1n) is 10.5. The second-order valence-corrected chi connectivity index (χ2v) is 7.70. The van der Waals surface area contributed by atoms with Crippen molar-refractivity contribution in [2.24, 2.45) is 11.7 Å². The Bertz CT molecular complexity index is 646. The van der Waals surface area contributed by atoms with Crippen LogP contribution in [0.1, 0.15) is 56.9 Å². The maximum Gasteiger partial charge on any atom is 0.320 e. The quantitative estimate of drug-likeness (QED) is 0.365. The number of aliphatic carboxylic acids is 3. The summed E-state index contributed by atoms with van der Waals surface area (Å²) in [6.07, 6.45) is 7.82. The van der Waals surface area contributed by atoms with Gasteiger partial charge in [-0.1, -0.05) is 62.4 Å². The van der Waals surface area contributed by atoms with Crippen molar-refractivity contribution < 1.29 is 29.7 Å². The van der Waals surface area contributed by atoms with E-state index in [2.05, 4.69) is 5.32 Å². The SMILES string of the molecule is N[C@@H](CC1CCCCC1)C(=O)O.O=C(O)CCN[C@H](CCc1ccccc1)C(=O)O. The van der Waals surface area contributed by atoms with Gasteiger partial charge in [0, 0.05) is 6.54 Å². The van der Waals surface area contributed by atoms with Gasteiger partial charge >= 0.3 is 17.9 Å². The number of benzene rings is 1. The van der Waals surface area contributed by atoms with Gasteiger partial charge in [0.05, 0.1) is 6.42 Å². The van der Waals surface area contributed by atoms with E-state index in [9.17, 15) is 14.4 Å². The highest BCUT2D eigenvalue weighted by Gasteiger charge is 2.20. The Balaban J connectivity index is 0.000000325. The Morgan fingerprint density at radius 3 is 2.17 bits per heavy atom. The second-order valence-electron chi connectivity index (χ2n) is 7.70. The number of nitrogens with two attached hydrogens (primary N) is 1. The van der Waals surface area contributed by atoms with E-state index in [1.54, 1.807) is 0 Å². The predicted octanol–water partition coefficient (Wildman–Crippen LogP) is 2.51. The number of aryl methyl sites for hydroxylation is 1. The van der Waals surface area contributed by atoms with Crippen LogP contribution >= 0.6 is 0 Å². The maximum atomic E-state index is 11.0. The zero-order valence-electron chi connectivity index (χ0n) is 17.3. The largest absolute Gasteiger partial charge is 0.481 e. The van der Waals surface area contributed by atoms with Crippen LogP contribution in [-0.4, -0.2) is 51.9 Å². The number of carboxylic acids is 3. The van der Waals surface area contributed by atoms with Crippen LogP contribution in [-0.2, 0) is 20.8 Å². The molecule has 0 spiro atoms. The normalized spacial score (nSPS) is 16.0. The number of rotatable bonds is 11. The lowest BCUT2D eigenvalue weighted by Gasteiger charge is -2.22. The minimum absolute atomic E-state index is 0.0743. The summed E-state index contributed by atoms with van der Waals surface area (Å²) in [6, 6.07) is 8.25. The molecule has 2 rings (SSSR count). The average Bonchev–Trinajstić information content (AvgIpc) is 2.72. The van der Waals surface area contributed by atoms with Gasteiger partial charge in [0.1, 0.15) is 12.1 Å². The van der Waals surface area contributed by atoms with Crippen LogP contribution in [0, 0.1) is 5.92 Å². The fourth-order valence-corrected chi connectivity index (χ4v) is 3.50. The van der Waals surface area contributed by atoms with Gasteiger partial charge in [-0.05, 0) is 30.7 Å². The minimum Gasteiger partial charge on any atom is -0.481 e. The van der Waals surface area contributed by atoms with Crippen molar-refractivity contribution in [1.29, 1.82) is 0 Å². The van der Waals surface area contributed by atoms with Crippen LogP contribution in [0.25, 0.3) is 0 Å². The zero-order chi connectivity index (χ0) is 22.4. The van der Waals surface area contributed by atoms with Gasteiger partial charge in [-0.25, -0.2) is 0 Å². The van der Waals surface area contributed by atoms with Crippen molar-refractivity contribution >= 4 is 17.9 Å². The van der Waals surface area contributed by atoms with Crippen molar-refractivity contribution in [2.75, 3.05) is 6.54 Å². The number of hydrogen-bond donors (Lipinski definition) is 5. The Kier molecular flexibility index (Phi) is 12.4. The third-order valence-electron chi connectivity index (χ3n) is 5.22. The summed E-state index contributed by atoms with van der Waals surface area (Å²) < 4.78 is 0. The zero-order valence-corrected chi connectivity index (χ0v) is 17.3. The molecule has 0 bridgehead atoms. The second kappa shape index (κ2) is 14.5. The van der Waals surface area contributed by atoms with Crippen LogP contribution in [0.4, 0.5) is 0 Å². The van der Waals surface area contributed by atoms with Crippen LogP contribution in [0.5, 0.6) is 0 Å². The van der Waals surface area contributed by atoms with Crippen LogP contribution < -0.4 is 11.1 Å². The van der Waals surface area contributed by atoms with Crippen LogP contribution in [0.2, 0.25) is 0 Å². The van der Waals surface area contributed by atoms with Crippen LogP contribution in [0.3, 0.4) is 0 Å². The smallest absolute Gasteiger partial charge is 0.320 e. The van der Waals surface area contributed by atoms with Gasteiger partial charge in [0.2, 0.25) is 0 Å². The fourth-order valence-electron chi connectivity index (χ4n) is 3.50. The van der Waals surface area contributed by atoms with Crippen molar-refractivity contribution in [3.63, 3.8) is 0 Å². The number of nitrogens with one attached hydrogen (secondary N) is 1. The Hall–Kier alpha value is -2.45. The molecule has 30 heavy (non-hydrogen) atoms. The standard InChI is InChI=1S/C13H17NO4.C9H17NO2/c15-12(16)8-9-14-11(13(17)18)7-6-10-4-2-1-3-5-10;10-8(9(11)12)6-7-4-2-1-3-5-7/h1-5,11,14H,6-9H2,(H,15,16)(H,17,18);7-8H,1-6,10H2,(H,11,12)/t11-;8-/m10/s1. The summed E-state index contributed by atoms with van der Waals surface area (Å²) in [5.41, 5.74) is 6.52. The third kappa shape index (κ3) is 11.5. The van der Waals surface area contributed by atoms with E-state index in [-0.39, 0.29) is 13.0 Å². The molecule has 2 atom stereocenters. The monoisotopic (exact) mass is 422 g/mol. The van der Waals surface area contributed by atoms with E-state index in [1.807, 2.05) is 30.3 Å². The molecule has 8 heteroatoms. The summed E-state index contributed by atoms with van der Waals surface area (Å²) in [5.74, 6) is -2.18. The third-order valence-corrected chi connectivity index (χ3v) is 5.22. The first kappa shape index (κ1) is 25.6. The highest BCUT2D eigenvalue weighted by molar-refractivity contribution is 5.73. The van der Waals surface area contributed by atoms with E-state index in [1.165, 1.54) is 32.1 Å². The Morgan fingerprint density at radius 1 is 1.00 bits per heavy atom. The molecule has 168 valence electrons. The number of carboxylic acid groups (broad SMARTS) is 3. The summed E-state index contributed by atoms with van der Waals surface area (Å²) in [6.45, 7) is 0.168. The lowest BCUT2D eigenvalue weighted by Crippen LogP contribution is -2.38. The highest BCUT2D eigenvalue weighted by Crippen LogP contribution is 2.26. The van der Waals surface area contributed by atoms with Gasteiger partial charge < -0.3 is 26.4 Å². The summed E-state index contributed by atoms with van der Waals surface area (Å²) in [5, 5.41) is 28.8. The molecule has 1 aromatic rings. The van der Waals surface area contributed by atoms with Gasteiger partial charge in [-0.3, -0.25) is 14.4 Å². The molecule has 0 heterocycles. The lowest BCUT2D eigenvalue weighted by atomic mass is 9.85. The summed E-state index contributed by atoms with van der Waals surface area (Å²) >= 11 is 0. The topological polar surface area (TPSA) is 150 Å². The van der Waals surface area contributed by atoms with Crippen molar-refractivity contribution in [3.8, 4) is 0 Å². The molecule has 6 N–H and O–H groups in total. The molecule has 8 nitrogen and oxygen atoms in total. The molecule has 0 amide bonds. The summed E-state index contributed by atoms with van der Waals surface area (Å²) in [7, 11) is 0. The molecule has 1 aromatic carbocycles. The fraction of sp³-hybridized carbons (Fsp3) is 0.591. The van der Waals surface area contributed by atoms with E-state index < -0.39 is 30.0 Å². The van der Waals surface area contributed by atoms with Crippen molar-refractivity contribution in [3.05, 3.63) is 35.9 Å². The number of hydrogen-bond acceptors (Lipinski definition) is 5. The predicted molar refractivity (Wildman–Crippen MR) is 113 cm³/mol. The van der Waals surface area contributed by atoms with Gasteiger partial charge in [-0.2, -0.15) is 0 Å². The average molecular weight is 423 g/mol. The van der Waals surface area contributed by atoms with Crippen LogP contribution in [0.15, 0.2) is 30.3 Å². The number of carbonyl (C=O) groups is 3. The van der Waals surface area contributed by atoms with Crippen molar-refractivity contribution in [2.45, 2.75) is 69.9 Å². The molecule has 0 radical (unpaired) electrons. The van der Waals surface area contributed by atoms with E-state index >= 15 is 0 Å². The Morgan fingerprint density at radius 2 is 1.63 bits per heavy atom. The molecule has 0 aromatic heterocycles.